The Morgan fingerprint density at radius 1 is 1.21 bits per heavy atom. The van der Waals surface area contributed by atoms with E-state index in [1.807, 2.05) is 19.1 Å². The first-order valence-electron chi connectivity index (χ1n) is 8.94. The number of benzene rings is 2. The van der Waals surface area contributed by atoms with Crippen LogP contribution in [0.15, 0.2) is 46.9 Å². The van der Waals surface area contributed by atoms with Gasteiger partial charge in [-0.05, 0) is 58.2 Å². The van der Waals surface area contributed by atoms with Crippen LogP contribution >= 0.6 is 15.9 Å². The highest BCUT2D eigenvalue weighted by molar-refractivity contribution is 9.10. The largest absolute Gasteiger partial charge is 0.351 e. The van der Waals surface area contributed by atoms with Crippen molar-refractivity contribution in [2.24, 2.45) is 0 Å². The summed E-state index contributed by atoms with van der Waals surface area (Å²) >= 11 is 3.22. The van der Waals surface area contributed by atoms with Gasteiger partial charge in [0.1, 0.15) is 5.82 Å². The lowest BCUT2D eigenvalue weighted by Crippen LogP contribution is -2.34. The molecule has 0 atom stereocenters. The zero-order chi connectivity index (χ0) is 20.5. The first-order valence-corrected chi connectivity index (χ1v) is 9.74. The van der Waals surface area contributed by atoms with Gasteiger partial charge in [0.05, 0.1) is 17.2 Å². The van der Waals surface area contributed by atoms with Gasteiger partial charge in [0.15, 0.2) is 0 Å². The molecule has 7 heteroatoms. The van der Waals surface area contributed by atoms with Crippen LogP contribution < -0.4 is 5.32 Å². The van der Waals surface area contributed by atoms with E-state index in [-0.39, 0.29) is 24.4 Å². The van der Waals surface area contributed by atoms with Gasteiger partial charge in [0.2, 0.25) is 5.91 Å². The fourth-order valence-electron chi connectivity index (χ4n) is 2.67. The van der Waals surface area contributed by atoms with Gasteiger partial charge < -0.3 is 10.2 Å². The van der Waals surface area contributed by atoms with E-state index in [0.29, 0.717) is 23.1 Å². The maximum absolute atomic E-state index is 13.3. The Bertz CT molecular complexity index is 878. The molecule has 2 amide bonds. The van der Waals surface area contributed by atoms with Gasteiger partial charge in [-0.2, -0.15) is 5.26 Å². The van der Waals surface area contributed by atoms with E-state index in [2.05, 4.69) is 27.3 Å². The highest BCUT2D eigenvalue weighted by Crippen LogP contribution is 2.17. The van der Waals surface area contributed by atoms with E-state index < -0.39 is 11.7 Å². The lowest BCUT2D eigenvalue weighted by molar-refractivity contribution is -0.131. The molecule has 1 N–H and O–H groups in total. The lowest BCUT2D eigenvalue weighted by Gasteiger charge is -2.22. The predicted molar refractivity (Wildman–Crippen MR) is 108 cm³/mol. The molecule has 0 saturated carbocycles. The molecule has 2 aromatic rings. The number of nitriles is 1. The first kappa shape index (κ1) is 21.6. The van der Waals surface area contributed by atoms with Crippen molar-refractivity contribution in [3.8, 4) is 6.07 Å². The summed E-state index contributed by atoms with van der Waals surface area (Å²) in [5.41, 5.74) is 1.70. The van der Waals surface area contributed by atoms with E-state index in [4.69, 9.17) is 5.26 Å². The summed E-state index contributed by atoms with van der Waals surface area (Å²) in [6.45, 7) is 3.19. The van der Waals surface area contributed by atoms with Crippen molar-refractivity contribution in [3.05, 3.63) is 69.4 Å². The number of hydrogen-bond donors (Lipinski definition) is 1. The molecule has 5 nitrogen and oxygen atoms in total. The van der Waals surface area contributed by atoms with Gasteiger partial charge in [-0.3, -0.25) is 9.59 Å². The minimum atomic E-state index is -0.499. The molecule has 0 aliphatic heterocycles. The predicted octanol–water partition coefficient (Wildman–Crippen LogP) is 4.02. The number of halogens is 2. The van der Waals surface area contributed by atoms with Gasteiger partial charge >= 0.3 is 0 Å². The maximum Gasteiger partial charge on any atom is 0.252 e. The summed E-state index contributed by atoms with van der Waals surface area (Å²) in [5, 5.41) is 11.5. The molecule has 0 unspecified atom stereocenters. The van der Waals surface area contributed by atoms with Crippen LogP contribution in [0.2, 0.25) is 0 Å². The molecule has 0 fully saturated rings. The summed E-state index contributed by atoms with van der Waals surface area (Å²) in [7, 11) is 0. The standard InChI is InChI=1S/C21H21BrFN3O2/c1-2-11-26(14-16-5-3-15(13-24)4-6-16)20(27)9-10-25-21(28)18-12-17(23)7-8-19(18)22/h3-8,12H,2,9-11,14H2,1H3,(H,25,28). The molecule has 2 rings (SSSR count). The van der Waals surface area contributed by atoms with Crippen LogP contribution in [0.3, 0.4) is 0 Å². The molecule has 146 valence electrons. The van der Waals surface area contributed by atoms with Crippen molar-refractivity contribution in [1.29, 1.82) is 5.26 Å². The second-order valence-corrected chi connectivity index (χ2v) is 7.11. The van der Waals surface area contributed by atoms with Gasteiger partial charge in [-0.25, -0.2) is 4.39 Å². The zero-order valence-electron chi connectivity index (χ0n) is 15.5. The summed E-state index contributed by atoms with van der Waals surface area (Å²) in [4.78, 5) is 26.5. The van der Waals surface area contributed by atoms with Crippen molar-refractivity contribution in [2.45, 2.75) is 26.3 Å². The van der Waals surface area contributed by atoms with Crippen molar-refractivity contribution in [3.63, 3.8) is 0 Å². The molecule has 0 heterocycles. The number of nitrogens with one attached hydrogen (secondary N) is 1. The van der Waals surface area contributed by atoms with Gasteiger partial charge in [-0.15, -0.1) is 0 Å². The van der Waals surface area contributed by atoms with Gasteiger partial charge in [0.25, 0.3) is 5.91 Å². The van der Waals surface area contributed by atoms with Crippen LogP contribution in [0.25, 0.3) is 0 Å². The molecule has 2 aromatic carbocycles. The number of carbonyl (C=O) groups excluding carboxylic acids is 2. The quantitative estimate of drug-likeness (QED) is 0.666. The second-order valence-electron chi connectivity index (χ2n) is 6.25. The molecular weight excluding hydrogens is 425 g/mol. The average molecular weight is 446 g/mol. The smallest absolute Gasteiger partial charge is 0.252 e. The normalized spacial score (nSPS) is 10.2. The highest BCUT2D eigenvalue weighted by atomic mass is 79.9. The van der Waals surface area contributed by atoms with Crippen LogP contribution in [0.4, 0.5) is 4.39 Å². The molecule has 0 spiro atoms. The summed E-state index contributed by atoms with van der Waals surface area (Å²) in [5.74, 6) is -1.01. The second kappa shape index (κ2) is 10.6. The number of hydrogen-bond acceptors (Lipinski definition) is 3. The van der Waals surface area contributed by atoms with Crippen molar-refractivity contribution in [2.75, 3.05) is 13.1 Å². The average Bonchev–Trinajstić information content (AvgIpc) is 2.69. The van der Waals surface area contributed by atoms with Crippen LogP contribution in [0.5, 0.6) is 0 Å². The third kappa shape index (κ3) is 6.17. The Balaban J connectivity index is 1.91. The number of carbonyl (C=O) groups is 2. The van der Waals surface area contributed by atoms with Gasteiger partial charge in [0, 0.05) is 30.5 Å². The molecule has 0 aliphatic carbocycles. The lowest BCUT2D eigenvalue weighted by atomic mass is 10.1. The van der Waals surface area contributed by atoms with Crippen LogP contribution in [0, 0.1) is 17.1 Å². The molecule has 0 bridgehead atoms. The molecule has 0 aromatic heterocycles. The Morgan fingerprint density at radius 3 is 2.57 bits per heavy atom. The SMILES string of the molecule is CCCN(Cc1ccc(C#N)cc1)C(=O)CCNC(=O)c1cc(F)ccc1Br. The first-order chi connectivity index (χ1) is 13.4. The van der Waals surface area contributed by atoms with Crippen molar-refractivity contribution < 1.29 is 14.0 Å². The van der Waals surface area contributed by atoms with E-state index >= 15 is 0 Å². The molecular formula is C21H21BrFN3O2. The topological polar surface area (TPSA) is 73.2 Å². The summed E-state index contributed by atoms with van der Waals surface area (Å²) < 4.78 is 13.8. The number of amides is 2. The van der Waals surface area contributed by atoms with E-state index in [9.17, 15) is 14.0 Å². The van der Waals surface area contributed by atoms with Gasteiger partial charge in [-0.1, -0.05) is 19.1 Å². The Morgan fingerprint density at radius 2 is 1.93 bits per heavy atom. The monoisotopic (exact) mass is 445 g/mol. The highest BCUT2D eigenvalue weighted by Gasteiger charge is 2.15. The van der Waals surface area contributed by atoms with Crippen LogP contribution in [0.1, 0.15) is 41.3 Å². The van der Waals surface area contributed by atoms with E-state index in [1.165, 1.54) is 12.1 Å². The number of rotatable bonds is 8. The summed E-state index contributed by atoms with van der Waals surface area (Å²) in [6, 6.07) is 13.1. The minimum Gasteiger partial charge on any atom is -0.351 e. The third-order valence-corrected chi connectivity index (χ3v) is 4.79. The fraction of sp³-hybridized carbons (Fsp3) is 0.286. The Hall–Kier alpha value is -2.72. The summed E-state index contributed by atoms with van der Waals surface area (Å²) in [6.07, 6.45) is 0.958. The molecule has 0 radical (unpaired) electrons. The van der Waals surface area contributed by atoms with E-state index in [1.54, 1.807) is 17.0 Å². The van der Waals surface area contributed by atoms with Crippen LogP contribution in [-0.4, -0.2) is 29.8 Å². The van der Waals surface area contributed by atoms with Crippen molar-refractivity contribution in [1.82, 2.24) is 10.2 Å². The van der Waals surface area contributed by atoms with E-state index in [0.717, 1.165) is 18.1 Å². The maximum atomic E-state index is 13.3. The Labute approximate surface area is 172 Å². The number of nitrogens with zero attached hydrogens (tertiary/aromatic N) is 2. The minimum absolute atomic E-state index is 0.0789. The Kier molecular flexibility index (Phi) is 8.15. The zero-order valence-corrected chi connectivity index (χ0v) is 17.1. The van der Waals surface area contributed by atoms with Crippen molar-refractivity contribution >= 4 is 27.7 Å². The fourth-order valence-corrected chi connectivity index (χ4v) is 3.10. The molecule has 0 saturated heterocycles. The molecule has 28 heavy (non-hydrogen) atoms. The van der Waals surface area contributed by atoms with Crippen LogP contribution in [-0.2, 0) is 11.3 Å². The molecule has 0 aliphatic rings. The third-order valence-electron chi connectivity index (χ3n) is 4.10.